The van der Waals surface area contributed by atoms with Gasteiger partial charge in [0.2, 0.25) is 0 Å². The highest BCUT2D eigenvalue weighted by Gasteiger charge is 2.15. The molecule has 0 aliphatic heterocycles. The molecule has 30 heavy (non-hydrogen) atoms. The fourth-order valence-corrected chi connectivity index (χ4v) is 5.05. The normalized spacial score (nSPS) is 11.5. The molecule has 0 aromatic carbocycles. The molecule has 0 saturated carbocycles. The van der Waals surface area contributed by atoms with Crippen LogP contribution in [0.4, 0.5) is 0 Å². The third-order valence-corrected chi connectivity index (χ3v) is 6.69. The second-order valence-electron chi connectivity index (χ2n) is 6.77. The molecule has 0 bridgehead atoms. The van der Waals surface area contributed by atoms with E-state index in [0.717, 1.165) is 0 Å². The van der Waals surface area contributed by atoms with E-state index in [1.54, 1.807) is 35.4 Å². The third kappa shape index (κ3) is 3.33. The van der Waals surface area contributed by atoms with Gasteiger partial charge < -0.3 is 4.57 Å². The van der Waals surface area contributed by atoms with Crippen molar-refractivity contribution in [1.82, 2.24) is 28.2 Å². The van der Waals surface area contributed by atoms with Crippen molar-refractivity contribution in [3.63, 3.8) is 0 Å². The summed E-state index contributed by atoms with van der Waals surface area (Å²) in [6.45, 7) is 4.36. The Labute approximate surface area is 178 Å². The molecule has 0 atom stereocenters. The topological polar surface area (TPSA) is 96.7 Å². The highest BCUT2D eigenvalue weighted by molar-refractivity contribution is 7.99. The van der Waals surface area contributed by atoms with Crippen LogP contribution in [0, 0.1) is 0 Å². The molecule has 0 aliphatic carbocycles. The van der Waals surface area contributed by atoms with E-state index < -0.39 is 5.69 Å². The average molecular weight is 445 g/mol. The van der Waals surface area contributed by atoms with Crippen molar-refractivity contribution in [2.24, 2.45) is 14.1 Å². The number of thiophene rings is 1. The lowest BCUT2D eigenvalue weighted by Crippen LogP contribution is -2.39. The van der Waals surface area contributed by atoms with Gasteiger partial charge in [0.1, 0.15) is 4.83 Å². The quantitative estimate of drug-likeness (QED) is 0.186. The largest absolute Gasteiger partial charge is 0.332 e. The molecule has 0 radical (unpaired) electrons. The summed E-state index contributed by atoms with van der Waals surface area (Å²) in [7, 11) is 3.34. The number of thioether (sulfide) groups is 1. The Morgan fingerprint density at radius 2 is 2.00 bits per heavy atom. The van der Waals surface area contributed by atoms with Crippen LogP contribution in [-0.2, 0) is 27.2 Å². The number of allylic oxidation sites excluding steroid dienone is 1. The van der Waals surface area contributed by atoms with Gasteiger partial charge in [0, 0.05) is 32.9 Å². The molecular formula is C19H20N6O3S2. The van der Waals surface area contributed by atoms with Crippen LogP contribution in [0.1, 0.15) is 6.42 Å². The van der Waals surface area contributed by atoms with Crippen molar-refractivity contribution >= 4 is 44.5 Å². The minimum atomic E-state index is -0.391. The summed E-state index contributed by atoms with van der Waals surface area (Å²) >= 11 is 2.86. The Hall–Kier alpha value is -2.92. The monoisotopic (exact) mass is 444 g/mol. The fraction of sp³-hybridized carbons (Fsp3) is 0.316. The van der Waals surface area contributed by atoms with Crippen LogP contribution in [-0.4, -0.2) is 34.0 Å². The number of hydrogen-bond acceptors (Lipinski definition) is 7. The molecule has 156 valence electrons. The molecule has 9 nitrogen and oxygen atoms in total. The molecule has 0 aliphatic rings. The number of imidazole rings is 1. The Morgan fingerprint density at radius 3 is 2.77 bits per heavy atom. The first-order valence-corrected chi connectivity index (χ1v) is 11.1. The third-order valence-electron chi connectivity index (χ3n) is 4.82. The van der Waals surface area contributed by atoms with E-state index in [0.29, 0.717) is 45.3 Å². The summed E-state index contributed by atoms with van der Waals surface area (Å²) in [6.07, 6.45) is 3.75. The van der Waals surface area contributed by atoms with Gasteiger partial charge in [-0.05, 0) is 17.9 Å². The van der Waals surface area contributed by atoms with E-state index in [9.17, 15) is 14.4 Å². The molecule has 0 N–H and O–H groups in total. The van der Waals surface area contributed by atoms with E-state index in [4.69, 9.17) is 0 Å². The smallest absolute Gasteiger partial charge is 0.328 e. The molecular weight excluding hydrogens is 424 g/mol. The van der Waals surface area contributed by atoms with Crippen LogP contribution in [0.15, 0.2) is 50.0 Å². The maximum absolute atomic E-state index is 12.8. The lowest BCUT2D eigenvalue weighted by molar-refractivity contribution is 0.593. The van der Waals surface area contributed by atoms with E-state index >= 15 is 0 Å². The zero-order chi connectivity index (χ0) is 21.4. The minimum absolute atomic E-state index is 0.0876. The van der Waals surface area contributed by atoms with Gasteiger partial charge in [0.15, 0.2) is 16.3 Å². The molecule has 4 heterocycles. The predicted molar refractivity (Wildman–Crippen MR) is 120 cm³/mol. The summed E-state index contributed by atoms with van der Waals surface area (Å²) < 4.78 is 5.84. The Bertz CT molecular complexity index is 1440. The van der Waals surface area contributed by atoms with Gasteiger partial charge in [-0.2, -0.15) is 0 Å². The van der Waals surface area contributed by atoms with E-state index in [-0.39, 0.29) is 17.7 Å². The number of nitrogens with zero attached hydrogens (tertiary/aromatic N) is 6. The Balaban J connectivity index is 1.57. The first kappa shape index (κ1) is 20.4. The first-order chi connectivity index (χ1) is 14.4. The van der Waals surface area contributed by atoms with Gasteiger partial charge in [0.05, 0.1) is 11.7 Å². The summed E-state index contributed by atoms with van der Waals surface area (Å²) in [5, 5.41) is 3.06. The SMILES string of the molecule is C=CCn1c(SCCCn2c(=O)c3c(ncn3C)n(C)c2=O)nc2sccc2c1=O. The van der Waals surface area contributed by atoms with Crippen LogP contribution in [0.2, 0.25) is 0 Å². The summed E-state index contributed by atoms with van der Waals surface area (Å²) in [5.74, 6) is 0.597. The lowest BCUT2D eigenvalue weighted by Gasteiger charge is -2.11. The van der Waals surface area contributed by atoms with Gasteiger partial charge in [-0.25, -0.2) is 14.8 Å². The summed E-state index contributed by atoms with van der Waals surface area (Å²) in [5.41, 5.74) is -0.0532. The number of aromatic nitrogens is 6. The summed E-state index contributed by atoms with van der Waals surface area (Å²) in [4.78, 5) is 47.5. The van der Waals surface area contributed by atoms with Crippen LogP contribution >= 0.6 is 23.1 Å². The lowest BCUT2D eigenvalue weighted by atomic mass is 10.4. The average Bonchev–Trinajstić information content (AvgIpc) is 3.35. The van der Waals surface area contributed by atoms with Gasteiger partial charge in [-0.1, -0.05) is 17.8 Å². The van der Waals surface area contributed by atoms with Crippen LogP contribution < -0.4 is 16.8 Å². The standard InChI is InChI=1S/C19H20N6O3S2/c1-4-7-24-16(26)12-6-10-29-15(12)21-18(24)30-9-5-8-25-17(27)13-14(20-11-22(13)2)23(3)19(25)28/h4,6,10-11H,1,5,7-9H2,2-3H3. The van der Waals surface area contributed by atoms with Crippen molar-refractivity contribution in [2.75, 3.05) is 5.75 Å². The van der Waals surface area contributed by atoms with Crippen molar-refractivity contribution in [3.05, 3.63) is 61.6 Å². The predicted octanol–water partition coefficient (Wildman–Crippen LogP) is 1.57. The van der Waals surface area contributed by atoms with Crippen molar-refractivity contribution < 1.29 is 0 Å². The van der Waals surface area contributed by atoms with Crippen LogP contribution in [0.5, 0.6) is 0 Å². The molecule has 4 aromatic rings. The minimum Gasteiger partial charge on any atom is -0.328 e. The number of rotatable bonds is 7. The highest BCUT2D eigenvalue weighted by Crippen LogP contribution is 2.21. The van der Waals surface area contributed by atoms with Crippen LogP contribution in [0.25, 0.3) is 21.4 Å². The first-order valence-electron chi connectivity index (χ1n) is 9.26. The van der Waals surface area contributed by atoms with Gasteiger partial charge in [-0.15, -0.1) is 17.9 Å². The second kappa shape index (κ2) is 8.07. The Morgan fingerprint density at radius 1 is 1.20 bits per heavy atom. The van der Waals surface area contributed by atoms with Crippen molar-refractivity contribution in [2.45, 2.75) is 24.7 Å². The van der Waals surface area contributed by atoms with Crippen molar-refractivity contribution in [3.8, 4) is 0 Å². The molecule has 0 amide bonds. The molecule has 0 spiro atoms. The maximum atomic E-state index is 12.8. The van der Waals surface area contributed by atoms with Crippen LogP contribution in [0.3, 0.4) is 0 Å². The molecule has 4 aromatic heterocycles. The molecule has 0 unspecified atom stereocenters. The van der Waals surface area contributed by atoms with Gasteiger partial charge in [-0.3, -0.25) is 23.3 Å². The zero-order valence-corrected chi connectivity index (χ0v) is 18.2. The maximum Gasteiger partial charge on any atom is 0.332 e. The summed E-state index contributed by atoms with van der Waals surface area (Å²) in [6, 6.07) is 1.78. The molecule has 0 saturated heterocycles. The fourth-order valence-electron chi connectivity index (χ4n) is 3.31. The number of fused-ring (bicyclic) bond motifs is 2. The molecule has 4 rings (SSSR count). The van der Waals surface area contributed by atoms with Gasteiger partial charge in [0.25, 0.3) is 11.1 Å². The van der Waals surface area contributed by atoms with E-state index in [2.05, 4.69) is 16.5 Å². The molecule has 11 heteroatoms. The van der Waals surface area contributed by atoms with E-state index in [1.165, 1.54) is 38.6 Å². The number of hydrogen-bond donors (Lipinski definition) is 0. The highest BCUT2D eigenvalue weighted by atomic mass is 32.2. The number of aryl methyl sites for hydroxylation is 2. The second-order valence-corrected chi connectivity index (χ2v) is 8.72. The molecule has 0 fully saturated rings. The zero-order valence-electron chi connectivity index (χ0n) is 16.6. The van der Waals surface area contributed by atoms with E-state index in [1.807, 2.05) is 5.38 Å². The van der Waals surface area contributed by atoms with Crippen molar-refractivity contribution in [1.29, 1.82) is 0 Å². The Kier molecular flexibility index (Phi) is 5.48. The van der Waals surface area contributed by atoms with Gasteiger partial charge >= 0.3 is 5.69 Å².